The first-order valence-electron chi connectivity index (χ1n) is 12.7. The molecule has 1 aliphatic heterocycles. The van der Waals surface area contributed by atoms with Gasteiger partial charge in [0.2, 0.25) is 11.8 Å². The van der Waals surface area contributed by atoms with Crippen LogP contribution in [0.5, 0.6) is 5.75 Å². The molecule has 1 aliphatic rings. The molecule has 3 aromatic carbocycles. The molecule has 0 radical (unpaired) electrons. The van der Waals surface area contributed by atoms with Crippen LogP contribution >= 0.6 is 11.8 Å². The van der Waals surface area contributed by atoms with Gasteiger partial charge in [0, 0.05) is 12.0 Å². The predicted octanol–water partition coefficient (Wildman–Crippen LogP) is 2.61. The number of rotatable bonds is 9. The Morgan fingerprint density at radius 2 is 1.68 bits per heavy atom. The number of methoxy groups -OCH3 is 1. The number of nitrogens with zero attached hydrogens (tertiary/aromatic N) is 3. The normalized spacial score (nSPS) is 17.0. The molecular formula is C29H28N6O4S. The Morgan fingerprint density at radius 3 is 2.33 bits per heavy atom. The van der Waals surface area contributed by atoms with E-state index in [0.29, 0.717) is 16.7 Å². The lowest BCUT2D eigenvalue weighted by atomic mass is 10.0. The Kier molecular flexibility index (Phi) is 8.23. The number of nitrogens with two attached hydrogens (primary N) is 1. The van der Waals surface area contributed by atoms with Crippen molar-refractivity contribution in [2.45, 2.75) is 28.9 Å². The van der Waals surface area contributed by atoms with Gasteiger partial charge in [0.15, 0.2) is 11.0 Å². The molecule has 10 nitrogen and oxygen atoms in total. The van der Waals surface area contributed by atoms with Crippen molar-refractivity contribution in [3.8, 4) is 17.1 Å². The fourth-order valence-corrected chi connectivity index (χ4v) is 5.74. The highest BCUT2D eigenvalue weighted by Gasteiger charge is 2.42. The third-order valence-corrected chi connectivity index (χ3v) is 7.82. The van der Waals surface area contributed by atoms with Gasteiger partial charge < -0.3 is 21.1 Å². The van der Waals surface area contributed by atoms with E-state index in [9.17, 15) is 14.4 Å². The average Bonchev–Trinajstić information content (AvgIpc) is 3.43. The van der Waals surface area contributed by atoms with Crippen LogP contribution in [0.25, 0.3) is 11.4 Å². The van der Waals surface area contributed by atoms with E-state index < -0.39 is 29.1 Å². The minimum Gasteiger partial charge on any atom is -0.497 e. The number of carbonyl (C=O) groups is 3. The number of ether oxygens (including phenoxy) is 1. The van der Waals surface area contributed by atoms with Gasteiger partial charge in [0.1, 0.15) is 17.8 Å². The lowest BCUT2D eigenvalue weighted by Crippen LogP contribution is -2.56. The average molecular weight is 557 g/mol. The number of amides is 2. The monoisotopic (exact) mass is 556 g/mol. The van der Waals surface area contributed by atoms with E-state index >= 15 is 0 Å². The highest BCUT2D eigenvalue weighted by Crippen LogP contribution is 2.43. The fraction of sp³-hybridized carbons (Fsp3) is 0.207. The molecule has 0 saturated carbocycles. The maximum Gasteiger partial charge on any atom is 0.258 e. The zero-order valence-electron chi connectivity index (χ0n) is 21.7. The molecule has 4 aromatic rings. The highest BCUT2D eigenvalue weighted by atomic mass is 32.2. The summed E-state index contributed by atoms with van der Waals surface area (Å²) in [6.45, 7) is -0.268. The Bertz CT molecular complexity index is 1490. The zero-order valence-corrected chi connectivity index (χ0v) is 22.5. The largest absolute Gasteiger partial charge is 0.497 e. The van der Waals surface area contributed by atoms with Crippen molar-refractivity contribution in [3.63, 3.8) is 0 Å². The van der Waals surface area contributed by atoms with Crippen LogP contribution in [-0.4, -0.2) is 58.2 Å². The number of hydrogen-bond donors (Lipinski definition) is 3. The van der Waals surface area contributed by atoms with Gasteiger partial charge in [0.25, 0.3) is 5.91 Å². The van der Waals surface area contributed by atoms with E-state index in [2.05, 4.69) is 20.8 Å². The second-order valence-electron chi connectivity index (χ2n) is 9.16. The number of nitrogens with one attached hydrogen (secondary N) is 2. The minimum atomic E-state index is -0.982. The lowest BCUT2D eigenvalue weighted by Gasteiger charge is -2.32. The van der Waals surface area contributed by atoms with Gasteiger partial charge in [-0.3, -0.25) is 14.4 Å². The number of aromatic nitrogens is 3. The number of thioether (sulfide) groups is 1. The van der Waals surface area contributed by atoms with Crippen LogP contribution in [-0.2, 0) is 16.0 Å². The molecule has 0 saturated heterocycles. The summed E-state index contributed by atoms with van der Waals surface area (Å²) in [5.74, 6) is -0.299. The van der Waals surface area contributed by atoms with Crippen LogP contribution in [0.15, 0.2) is 90.1 Å². The molecular weight excluding hydrogens is 528 g/mol. The van der Waals surface area contributed by atoms with E-state index in [1.807, 2.05) is 72.8 Å². The van der Waals surface area contributed by atoms with Crippen LogP contribution in [0, 0.1) is 0 Å². The Morgan fingerprint density at radius 1 is 1.00 bits per heavy atom. The molecule has 0 bridgehead atoms. The molecule has 3 atom stereocenters. The van der Waals surface area contributed by atoms with E-state index in [1.165, 1.54) is 16.3 Å². The molecule has 4 N–H and O–H groups in total. The summed E-state index contributed by atoms with van der Waals surface area (Å²) < 4.78 is 6.73. The van der Waals surface area contributed by atoms with Crippen molar-refractivity contribution in [2.75, 3.05) is 13.7 Å². The first-order valence-corrected chi connectivity index (χ1v) is 13.6. The third kappa shape index (κ3) is 5.75. The second-order valence-corrected chi connectivity index (χ2v) is 10.3. The standard InChI is InChI=1S/C29H28N6O4S/c1-39-21-14-12-19(13-15-21)25-24(28(38)35-26(33-34-29(35)40-25)20-10-6-3-7-11-20)32-27(37)22(31-23(36)17-30)16-18-8-4-2-5-9-18/h2-15,22,24-25H,16-17,30H2,1H3,(H,31,36)(H,32,37)/t22-,24-,25+/m0/s1. The summed E-state index contributed by atoms with van der Waals surface area (Å²) in [7, 11) is 1.58. The summed E-state index contributed by atoms with van der Waals surface area (Å²) in [5, 5.41) is 14.1. The molecule has 0 fully saturated rings. The molecule has 0 unspecified atom stereocenters. The van der Waals surface area contributed by atoms with E-state index in [1.54, 1.807) is 19.2 Å². The maximum absolute atomic E-state index is 14.1. The number of carbonyl (C=O) groups excluding carboxylic acids is 3. The summed E-state index contributed by atoms with van der Waals surface area (Å²) >= 11 is 1.33. The summed E-state index contributed by atoms with van der Waals surface area (Å²) in [5.41, 5.74) is 7.90. The lowest BCUT2D eigenvalue weighted by molar-refractivity contribution is -0.128. The van der Waals surface area contributed by atoms with Crippen LogP contribution < -0.4 is 21.1 Å². The molecule has 1 aromatic heterocycles. The van der Waals surface area contributed by atoms with Crippen LogP contribution in [0.4, 0.5) is 0 Å². The van der Waals surface area contributed by atoms with Gasteiger partial charge in [-0.2, -0.15) is 0 Å². The van der Waals surface area contributed by atoms with E-state index in [0.717, 1.165) is 16.7 Å². The zero-order chi connectivity index (χ0) is 28.1. The SMILES string of the molecule is COc1ccc([C@H]2Sc3nnc(-c4ccccc4)n3C(=O)[C@H]2NC(=O)[C@H](Cc2ccccc2)NC(=O)CN)cc1. The van der Waals surface area contributed by atoms with Gasteiger partial charge in [-0.05, 0) is 23.3 Å². The number of hydrogen-bond acceptors (Lipinski definition) is 8. The molecule has 5 rings (SSSR count). The summed E-state index contributed by atoms with van der Waals surface area (Å²) in [6, 6.07) is 24.0. The summed E-state index contributed by atoms with van der Waals surface area (Å²) in [4.78, 5) is 40.0. The number of fused-ring (bicyclic) bond motifs is 1. The number of benzene rings is 3. The van der Waals surface area contributed by atoms with E-state index in [-0.39, 0.29) is 18.9 Å². The van der Waals surface area contributed by atoms with Crippen molar-refractivity contribution < 1.29 is 19.1 Å². The first kappa shape index (κ1) is 27.1. The first-order chi connectivity index (χ1) is 19.5. The summed E-state index contributed by atoms with van der Waals surface area (Å²) in [6.07, 6.45) is 0.229. The Hall–Kier alpha value is -4.48. The van der Waals surface area contributed by atoms with Crippen LogP contribution in [0.2, 0.25) is 0 Å². The minimum absolute atomic E-state index is 0.229. The topological polar surface area (TPSA) is 141 Å². The highest BCUT2D eigenvalue weighted by molar-refractivity contribution is 7.99. The van der Waals surface area contributed by atoms with Gasteiger partial charge in [0.05, 0.1) is 18.9 Å². The molecule has 11 heteroatoms. The van der Waals surface area contributed by atoms with Gasteiger partial charge >= 0.3 is 0 Å². The van der Waals surface area contributed by atoms with Crippen LogP contribution in [0.3, 0.4) is 0 Å². The quantitative estimate of drug-likeness (QED) is 0.286. The van der Waals surface area contributed by atoms with Gasteiger partial charge in [-0.15, -0.1) is 10.2 Å². The van der Waals surface area contributed by atoms with Gasteiger partial charge in [-0.1, -0.05) is 84.6 Å². The molecule has 40 heavy (non-hydrogen) atoms. The fourth-order valence-electron chi connectivity index (χ4n) is 4.53. The van der Waals surface area contributed by atoms with E-state index in [4.69, 9.17) is 10.5 Å². The maximum atomic E-state index is 14.1. The molecule has 2 heterocycles. The van der Waals surface area contributed by atoms with Crippen molar-refractivity contribution in [1.29, 1.82) is 0 Å². The van der Waals surface area contributed by atoms with Crippen LogP contribution in [0.1, 0.15) is 21.2 Å². The van der Waals surface area contributed by atoms with Crippen molar-refractivity contribution >= 4 is 29.5 Å². The smallest absolute Gasteiger partial charge is 0.258 e. The predicted molar refractivity (Wildman–Crippen MR) is 151 cm³/mol. The van der Waals surface area contributed by atoms with Crippen molar-refractivity contribution in [2.24, 2.45) is 5.73 Å². The molecule has 204 valence electrons. The Balaban J connectivity index is 1.50. The molecule has 0 spiro atoms. The Labute approximate surface area is 235 Å². The molecule has 0 aliphatic carbocycles. The second kappa shape index (κ2) is 12.1. The van der Waals surface area contributed by atoms with Crippen molar-refractivity contribution in [3.05, 3.63) is 96.1 Å². The van der Waals surface area contributed by atoms with Crippen molar-refractivity contribution in [1.82, 2.24) is 25.4 Å². The van der Waals surface area contributed by atoms with Gasteiger partial charge in [-0.25, -0.2) is 4.57 Å². The third-order valence-electron chi connectivity index (χ3n) is 6.55. The molecule has 2 amide bonds.